The van der Waals surface area contributed by atoms with Gasteiger partial charge in [0.05, 0.1) is 17.2 Å². The molecule has 2 bridgehead atoms. The first-order valence-electron chi connectivity index (χ1n) is 11.4. The normalized spacial score (nSPS) is 30.3. The van der Waals surface area contributed by atoms with Gasteiger partial charge in [0.1, 0.15) is 0 Å². The number of hydrogen-bond donors (Lipinski definition) is 3. The minimum atomic E-state index is -0.115. The van der Waals surface area contributed by atoms with Crippen LogP contribution in [0.1, 0.15) is 62.0 Å². The molecule has 4 rings (SSSR count). The third-order valence-electron chi connectivity index (χ3n) is 7.24. The molecule has 6 heteroatoms. The van der Waals surface area contributed by atoms with Crippen LogP contribution in [-0.4, -0.2) is 41.7 Å². The summed E-state index contributed by atoms with van der Waals surface area (Å²) in [4.78, 5) is 17.3. The fraction of sp³-hybridized carbons (Fsp3) is 0.667. The predicted molar refractivity (Wildman–Crippen MR) is 120 cm³/mol. The van der Waals surface area contributed by atoms with Crippen molar-refractivity contribution >= 4 is 17.5 Å². The van der Waals surface area contributed by atoms with Crippen LogP contribution in [0.15, 0.2) is 23.9 Å². The number of amides is 1. The van der Waals surface area contributed by atoms with Gasteiger partial charge in [0.15, 0.2) is 0 Å². The molecule has 3 N–H and O–H groups in total. The Balaban J connectivity index is 1.34. The fourth-order valence-electron chi connectivity index (χ4n) is 5.69. The Labute approximate surface area is 184 Å². The SMILES string of the molecule is C[C@H](CO)NCCCc1cc(C(=O)NCC2(C)C=C3CC4CC(CC34)C2)c(Cl)cn1. The van der Waals surface area contributed by atoms with E-state index in [4.69, 9.17) is 16.7 Å². The molecule has 1 amide bonds. The number of aliphatic hydroxyl groups excluding tert-OH is 1. The highest BCUT2D eigenvalue weighted by molar-refractivity contribution is 6.33. The highest BCUT2D eigenvalue weighted by atomic mass is 35.5. The van der Waals surface area contributed by atoms with E-state index < -0.39 is 0 Å². The van der Waals surface area contributed by atoms with Crippen LogP contribution in [0, 0.1) is 23.2 Å². The summed E-state index contributed by atoms with van der Waals surface area (Å²) < 4.78 is 0. The Morgan fingerprint density at radius 1 is 1.43 bits per heavy atom. The molecule has 0 spiro atoms. The Bertz CT molecular complexity index is 827. The van der Waals surface area contributed by atoms with E-state index in [0.717, 1.165) is 42.8 Å². The van der Waals surface area contributed by atoms with Crippen LogP contribution >= 0.6 is 11.6 Å². The summed E-state index contributed by atoms with van der Waals surface area (Å²) in [6, 6.07) is 1.91. The number of pyridine rings is 1. The molecule has 5 nitrogen and oxygen atoms in total. The molecule has 1 heterocycles. The lowest BCUT2D eigenvalue weighted by atomic mass is 9.67. The van der Waals surface area contributed by atoms with Gasteiger partial charge in [-0.3, -0.25) is 9.78 Å². The van der Waals surface area contributed by atoms with Crippen LogP contribution in [0.2, 0.25) is 5.02 Å². The Morgan fingerprint density at radius 3 is 3.07 bits per heavy atom. The lowest BCUT2D eigenvalue weighted by molar-refractivity contribution is 0.0936. The lowest BCUT2D eigenvalue weighted by Crippen LogP contribution is -2.37. The van der Waals surface area contributed by atoms with Gasteiger partial charge in [-0.05, 0) is 75.8 Å². The van der Waals surface area contributed by atoms with E-state index in [-0.39, 0.29) is 24.0 Å². The Hall–Kier alpha value is -1.43. The van der Waals surface area contributed by atoms with Gasteiger partial charge in [0.25, 0.3) is 5.91 Å². The number of aliphatic hydroxyl groups is 1. The molecule has 0 aromatic carbocycles. The van der Waals surface area contributed by atoms with Crippen LogP contribution in [0.4, 0.5) is 0 Å². The number of carbonyl (C=O) groups excluding carboxylic acids is 1. The summed E-state index contributed by atoms with van der Waals surface area (Å²) in [5, 5.41) is 15.9. The molecule has 164 valence electrons. The maximum Gasteiger partial charge on any atom is 0.252 e. The van der Waals surface area contributed by atoms with Crippen molar-refractivity contribution in [3.63, 3.8) is 0 Å². The third kappa shape index (κ3) is 4.74. The largest absolute Gasteiger partial charge is 0.395 e. The first-order valence-corrected chi connectivity index (χ1v) is 11.7. The molecule has 2 fully saturated rings. The zero-order valence-corrected chi connectivity index (χ0v) is 18.8. The average Bonchev–Trinajstić information content (AvgIpc) is 2.97. The minimum absolute atomic E-state index is 0.0349. The summed E-state index contributed by atoms with van der Waals surface area (Å²) in [6.45, 7) is 5.81. The van der Waals surface area contributed by atoms with E-state index in [9.17, 15) is 4.79 Å². The van der Waals surface area contributed by atoms with Crippen LogP contribution in [-0.2, 0) is 6.42 Å². The summed E-state index contributed by atoms with van der Waals surface area (Å²) >= 11 is 6.30. The van der Waals surface area contributed by atoms with Crippen molar-refractivity contribution in [1.82, 2.24) is 15.6 Å². The second-order valence-electron chi connectivity index (χ2n) is 9.96. The number of allylic oxidation sites excluding steroid dienone is 1. The van der Waals surface area contributed by atoms with E-state index in [1.165, 1.54) is 25.7 Å². The highest BCUT2D eigenvalue weighted by Crippen LogP contribution is 2.58. The van der Waals surface area contributed by atoms with E-state index in [2.05, 4.69) is 28.6 Å². The Kier molecular flexibility index (Phi) is 6.52. The second-order valence-corrected chi connectivity index (χ2v) is 10.4. The second kappa shape index (κ2) is 8.97. The monoisotopic (exact) mass is 431 g/mol. The smallest absolute Gasteiger partial charge is 0.252 e. The van der Waals surface area contributed by atoms with Gasteiger partial charge in [0, 0.05) is 29.9 Å². The number of rotatable bonds is 9. The minimum Gasteiger partial charge on any atom is -0.395 e. The first kappa shape index (κ1) is 21.8. The number of nitrogens with zero attached hydrogens (tertiary/aromatic N) is 1. The van der Waals surface area contributed by atoms with E-state index in [1.807, 2.05) is 13.0 Å². The van der Waals surface area contributed by atoms with E-state index >= 15 is 0 Å². The van der Waals surface area contributed by atoms with Gasteiger partial charge in [0.2, 0.25) is 0 Å². The van der Waals surface area contributed by atoms with Crippen molar-refractivity contribution in [3.05, 3.63) is 40.2 Å². The molecule has 0 aliphatic heterocycles. The standard InChI is InChI=1S/C24H34ClN3O2/c1-15(13-29)26-5-3-4-19-9-21(22(25)12-27-19)23(30)28-14-24(2)10-16-6-17-8-18(11-24)20(17)7-16/h9,11-12,15-17,20,26,29H,3-8,10,13-14H2,1-2H3,(H,28,30)/t15-,16?,17?,20?,24?/m1/s1. The highest BCUT2D eigenvalue weighted by Gasteiger charge is 2.48. The first-order chi connectivity index (χ1) is 14.4. The van der Waals surface area contributed by atoms with Crippen molar-refractivity contribution in [1.29, 1.82) is 0 Å². The summed E-state index contributed by atoms with van der Waals surface area (Å²) in [6.07, 6.45) is 10.9. The molecule has 3 aliphatic carbocycles. The van der Waals surface area contributed by atoms with Crippen LogP contribution in [0.3, 0.4) is 0 Å². The zero-order chi connectivity index (χ0) is 21.3. The Morgan fingerprint density at radius 2 is 2.27 bits per heavy atom. The molecular weight excluding hydrogens is 398 g/mol. The van der Waals surface area contributed by atoms with Gasteiger partial charge in [-0.1, -0.05) is 30.2 Å². The van der Waals surface area contributed by atoms with E-state index in [0.29, 0.717) is 17.1 Å². The summed E-state index contributed by atoms with van der Waals surface area (Å²) in [5.41, 5.74) is 3.04. The maximum absolute atomic E-state index is 12.9. The molecule has 4 unspecified atom stereocenters. The molecule has 1 aromatic heterocycles. The van der Waals surface area contributed by atoms with E-state index in [1.54, 1.807) is 11.8 Å². The lowest BCUT2D eigenvalue weighted by Gasteiger charge is -2.38. The molecule has 0 radical (unpaired) electrons. The molecule has 2 saturated carbocycles. The fourth-order valence-corrected chi connectivity index (χ4v) is 5.88. The number of nitrogens with one attached hydrogen (secondary N) is 2. The van der Waals surface area contributed by atoms with Crippen molar-refractivity contribution in [2.75, 3.05) is 19.7 Å². The molecule has 30 heavy (non-hydrogen) atoms. The quantitative estimate of drug-likeness (QED) is 0.411. The number of hydrogen-bond acceptors (Lipinski definition) is 4. The van der Waals surface area contributed by atoms with Gasteiger partial charge >= 0.3 is 0 Å². The van der Waals surface area contributed by atoms with Gasteiger partial charge in [-0.15, -0.1) is 0 Å². The molecule has 3 aliphatic rings. The molecule has 0 saturated heterocycles. The van der Waals surface area contributed by atoms with Crippen molar-refractivity contribution < 1.29 is 9.90 Å². The molecular formula is C24H34ClN3O2. The topological polar surface area (TPSA) is 74.2 Å². The predicted octanol–water partition coefficient (Wildman–Crippen LogP) is 3.75. The zero-order valence-electron chi connectivity index (χ0n) is 18.1. The van der Waals surface area contributed by atoms with Crippen LogP contribution < -0.4 is 10.6 Å². The van der Waals surface area contributed by atoms with Gasteiger partial charge < -0.3 is 15.7 Å². The van der Waals surface area contributed by atoms with Crippen molar-refractivity contribution in [2.45, 2.75) is 58.4 Å². The average molecular weight is 432 g/mol. The number of aryl methyl sites for hydroxylation is 1. The van der Waals surface area contributed by atoms with Crippen LogP contribution in [0.5, 0.6) is 0 Å². The van der Waals surface area contributed by atoms with Gasteiger partial charge in [-0.25, -0.2) is 0 Å². The number of fused-ring (bicyclic) bond motifs is 1. The maximum atomic E-state index is 12.9. The number of halogens is 1. The number of carbonyl (C=O) groups is 1. The number of aromatic nitrogens is 1. The molecule has 1 aromatic rings. The van der Waals surface area contributed by atoms with Crippen molar-refractivity contribution in [2.24, 2.45) is 23.2 Å². The summed E-state index contributed by atoms with van der Waals surface area (Å²) in [7, 11) is 0. The van der Waals surface area contributed by atoms with Crippen molar-refractivity contribution in [3.8, 4) is 0 Å². The third-order valence-corrected chi connectivity index (χ3v) is 7.54. The van der Waals surface area contributed by atoms with Crippen LogP contribution in [0.25, 0.3) is 0 Å². The summed E-state index contributed by atoms with van der Waals surface area (Å²) in [5.74, 6) is 2.46. The molecule has 5 atom stereocenters. The van der Waals surface area contributed by atoms with Gasteiger partial charge in [-0.2, -0.15) is 0 Å².